The summed E-state index contributed by atoms with van der Waals surface area (Å²) in [6, 6.07) is 5.62. The second-order valence-corrected chi connectivity index (χ2v) is 7.18. The number of amides is 2. The van der Waals surface area contributed by atoms with Gasteiger partial charge in [0.05, 0.1) is 24.2 Å². The molecule has 1 N–H and O–H groups in total. The normalized spacial score (nSPS) is 21.3. The molecule has 2 saturated heterocycles. The minimum Gasteiger partial charge on any atom is -0.378 e. The zero-order valence-electron chi connectivity index (χ0n) is 15.8. The van der Waals surface area contributed by atoms with Gasteiger partial charge in [-0.25, -0.2) is 4.98 Å². The van der Waals surface area contributed by atoms with E-state index in [1.165, 1.54) is 0 Å². The molecule has 8 heteroatoms. The first-order valence-electron chi connectivity index (χ1n) is 9.41. The molecular formula is C19H25N5O3. The van der Waals surface area contributed by atoms with Crippen LogP contribution in [0, 0.1) is 0 Å². The van der Waals surface area contributed by atoms with E-state index in [2.05, 4.69) is 14.8 Å². The number of hydrogen-bond donors (Lipinski definition) is 1. The number of anilines is 1. The van der Waals surface area contributed by atoms with Crippen molar-refractivity contribution in [3.05, 3.63) is 23.8 Å². The van der Waals surface area contributed by atoms with Crippen molar-refractivity contribution in [1.82, 2.24) is 19.8 Å². The smallest absolute Gasteiger partial charge is 0.254 e. The van der Waals surface area contributed by atoms with Gasteiger partial charge in [0.15, 0.2) is 0 Å². The molecule has 1 aromatic carbocycles. The van der Waals surface area contributed by atoms with Gasteiger partial charge in [0, 0.05) is 51.3 Å². The third kappa shape index (κ3) is 3.37. The van der Waals surface area contributed by atoms with E-state index >= 15 is 0 Å². The molecule has 1 aromatic heterocycles. The van der Waals surface area contributed by atoms with Gasteiger partial charge in [-0.05, 0) is 25.1 Å². The molecule has 0 unspecified atom stereocenters. The van der Waals surface area contributed by atoms with Crippen LogP contribution in [-0.2, 0) is 16.6 Å². The molecule has 0 bridgehead atoms. The standard InChI is InChI=1S/C19H25N5O3/c1-13-12-20-17(25)5-6-24(13)18(26)14-3-4-16-15(11-14)21-19(22(16)2)23-7-9-27-10-8-23/h3-4,11,13H,5-10,12H2,1-2H3,(H,20,25)/t13-/m0/s1. The molecular weight excluding hydrogens is 346 g/mol. The highest BCUT2D eigenvalue weighted by Gasteiger charge is 2.26. The molecule has 2 aromatic rings. The number of carbonyl (C=O) groups is 2. The van der Waals surface area contributed by atoms with Crippen LogP contribution < -0.4 is 10.2 Å². The first-order chi connectivity index (χ1) is 13.0. The van der Waals surface area contributed by atoms with Crippen molar-refractivity contribution < 1.29 is 14.3 Å². The van der Waals surface area contributed by atoms with Gasteiger partial charge in [0.1, 0.15) is 0 Å². The number of aryl methyl sites for hydroxylation is 1. The lowest BCUT2D eigenvalue weighted by atomic mass is 10.1. The van der Waals surface area contributed by atoms with Gasteiger partial charge in [0.25, 0.3) is 5.91 Å². The van der Waals surface area contributed by atoms with Crippen LogP contribution in [0.4, 0.5) is 5.95 Å². The Morgan fingerprint density at radius 1 is 1.26 bits per heavy atom. The monoisotopic (exact) mass is 371 g/mol. The lowest BCUT2D eigenvalue weighted by Crippen LogP contribution is -2.41. The van der Waals surface area contributed by atoms with Gasteiger partial charge >= 0.3 is 0 Å². The molecule has 0 aliphatic carbocycles. The zero-order valence-corrected chi connectivity index (χ0v) is 15.8. The van der Waals surface area contributed by atoms with E-state index in [1.54, 1.807) is 4.90 Å². The van der Waals surface area contributed by atoms with E-state index in [0.717, 1.165) is 30.1 Å². The Morgan fingerprint density at radius 3 is 2.81 bits per heavy atom. The largest absolute Gasteiger partial charge is 0.378 e. The molecule has 27 heavy (non-hydrogen) atoms. The second-order valence-electron chi connectivity index (χ2n) is 7.18. The number of rotatable bonds is 2. The number of benzene rings is 1. The van der Waals surface area contributed by atoms with Crippen molar-refractivity contribution in [2.75, 3.05) is 44.3 Å². The van der Waals surface area contributed by atoms with Crippen LogP contribution in [0.1, 0.15) is 23.7 Å². The highest BCUT2D eigenvalue weighted by molar-refractivity contribution is 5.98. The lowest BCUT2D eigenvalue weighted by Gasteiger charge is -2.27. The summed E-state index contributed by atoms with van der Waals surface area (Å²) in [7, 11) is 2.00. The SMILES string of the molecule is C[C@H]1CNC(=O)CCN1C(=O)c1ccc2c(c1)nc(N1CCOCC1)n2C. The molecule has 3 heterocycles. The van der Waals surface area contributed by atoms with Crippen molar-refractivity contribution in [3.8, 4) is 0 Å². The Hall–Kier alpha value is -2.61. The number of nitrogens with zero attached hydrogens (tertiary/aromatic N) is 4. The molecule has 8 nitrogen and oxygen atoms in total. The molecule has 0 radical (unpaired) electrons. The third-order valence-electron chi connectivity index (χ3n) is 5.37. The lowest BCUT2D eigenvalue weighted by molar-refractivity contribution is -0.120. The fourth-order valence-corrected chi connectivity index (χ4v) is 3.74. The first-order valence-corrected chi connectivity index (χ1v) is 9.41. The highest BCUT2D eigenvalue weighted by Crippen LogP contribution is 2.24. The van der Waals surface area contributed by atoms with Gasteiger partial charge in [0.2, 0.25) is 11.9 Å². The van der Waals surface area contributed by atoms with E-state index in [9.17, 15) is 9.59 Å². The minimum atomic E-state index is -0.0560. The molecule has 4 rings (SSSR count). The summed E-state index contributed by atoms with van der Waals surface area (Å²) in [6.07, 6.45) is 0.336. The van der Waals surface area contributed by atoms with Crippen LogP contribution in [0.3, 0.4) is 0 Å². The van der Waals surface area contributed by atoms with Gasteiger partial charge in [-0.1, -0.05) is 0 Å². The van der Waals surface area contributed by atoms with Crippen molar-refractivity contribution in [3.63, 3.8) is 0 Å². The molecule has 144 valence electrons. The maximum atomic E-state index is 13.0. The summed E-state index contributed by atoms with van der Waals surface area (Å²) < 4.78 is 7.48. The third-order valence-corrected chi connectivity index (χ3v) is 5.37. The van der Waals surface area contributed by atoms with Crippen LogP contribution >= 0.6 is 0 Å². The summed E-state index contributed by atoms with van der Waals surface area (Å²) in [6.45, 7) is 5.91. The van der Waals surface area contributed by atoms with Crippen LogP contribution in [0.2, 0.25) is 0 Å². The number of imidazole rings is 1. The fraction of sp³-hybridized carbons (Fsp3) is 0.526. The Balaban J connectivity index is 1.62. The molecule has 2 aliphatic rings. The predicted molar refractivity (Wildman–Crippen MR) is 102 cm³/mol. The van der Waals surface area contributed by atoms with E-state index in [0.29, 0.717) is 38.3 Å². The maximum absolute atomic E-state index is 13.0. The van der Waals surface area contributed by atoms with E-state index in [1.807, 2.05) is 32.2 Å². The van der Waals surface area contributed by atoms with Crippen molar-refractivity contribution in [1.29, 1.82) is 0 Å². The summed E-state index contributed by atoms with van der Waals surface area (Å²) in [5.74, 6) is 0.836. The molecule has 2 amide bonds. The number of morpholine rings is 1. The van der Waals surface area contributed by atoms with E-state index < -0.39 is 0 Å². The van der Waals surface area contributed by atoms with Crippen molar-refractivity contribution in [2.24, 2.45) is 7.05 Å². The Labute approximate surface area is 158 Å². The van der Waals surface area contributed by atoms with E-state index in [4.69, 9.17) is 9.72 Å². The summed E-state index contributed by atoms with van der Waals surface area (Å²) in [5.41, 5.74) is 2.41. The van der Waals surface area contributed by atoms with Gasteiger partial charge < -0.3 is 24.4 Å². The Kier molecular flexibility index (Phi) is 4.73. The maximum Gasteiger partial charge on any atom is 0.254 e. The summed E-state index contributed by atoms with van der Waals surface area (Å²) in [5, 5.41) is 2.84. The van der Waals surface area contributed by atoms with Gasteiger partial charge in [-0.3, -0.25) is 9.59 Å². The van der Waals surface area contributed by atoms with E-state index in [-0.39, 0.29) is 17.9 Å². The van der Waals surface area contributed by atoms with Crippen molar-refractivity contribution in [2.45, 2.75) is 19.4 Å². The number of aromatic nitrogens is 2. The topological polar surface area (TPSA) is 79.7 Å². The molecule has 2 fully saturated rings. The number of nitrogens with one attached hydrogen (secondary N) is 1. The van der Waals surface area contributed by atoms with Crippen molar-refractivity contribution >= 4 is 28.8 Å². The number of ether oxygens (including phenoxy) is 1. The predicted octanol–water partition coefficient (Wildman–Crippen LogP) is 0.761. The average molecular weight is 371 g/mol. The fourth-order valence-electron chi connectivity index (χ4n) is 3.74. The second kappa shape index (κ2) is 7.19. The Bertz CT molecular complexity index is 872. The number of carbonyl (C=O) groups excluding carboxylic acids is 2. The van der Waals surface area contributed by atoms with Crippen LogP contribution in [0.5, 0.6) is 0 Å². The quantitative estimate of drug-likeness (QED) is 0.843. The molecule has 1 atom stereocenters. The molecule has 0 spiro atoms. The molecule has 2 aliphatic heterocycles. The van der Waals surface area contributed by atoms with Crippen LogP contribution in [-0.4, -0.2) is 71.7 Å². The van der Waals surface area contributed by atoms with Crippen LogP contribution in [0.25, 0.3) is 11.0 Å². The number of fused-ring (bicyclic) bond motifs is 1. The van der Waals surface area contributed by atoms with Gasteiger partial charge in [-0.15, -0.1) is 0 Å². The summed E-state index contributed by atoms with van der Waals surface area (Å²) in [4.78, 5) is 33.4. The molecule has 0 saturated carbocycles. The Morgan fingerprint density at radius 2 is 2.04 bits per heavy atom. The minimum absolute atomic E-state index is 0.00696. The highest BCUT2D eigenvalue weighted by atomic mass is 16.5. The first kappa shape index (κ1) is 17.8. The number of hydrogen-bond acceptors (Lipinski definition) is 5. The average Bonchev–Trinajstić information content (AvgIpc) is 2.92. The summed E-state index contributed by atoms with van der Waals surface area (Å²) >= 11 is 0. The van der Waals surface area contributed by atoms with Gasteiger partial charge in [-0.2, -0.15) is 0 Å². The van der Waals surface area contributed by atoms with Crippen LogP contribution in [0.15, 0.2) is 18.2 Å². The zero-order chi connectivity index (χ0) is 19.0.